The lowest BCUT2D eigenvalue weighted by atomic mass is 10.0. The molecule has 0 amide bonds. The highest BCUT2D eigenvalue weighted by Gasteiger charge is 2.33. The van der Waals surface area contributed by atoms with E-state index in [-0.39, 0.29) is 0 Å². The zero-order valence-corrected chi connectivity index (χ0v) is 15.8. The van der Waals surface area contributed by atoms with E-state index < -0.39 is 8.07 Å². The van der Waals surface area contributed by atoms with Gasteiger partial charge in [0.25, 0.3) is 0 Å². The summed E-state index contributed by atoms with van der Waals surface area (Å²) in [4.78, 5) is 4.87. The Balaban J connectivity index is 2.02. The maximum atomic E-state index is 4.87. The van der Waals surface area contributed by atoms with Gasteiger partial charge >= 0.3 is 0 Å². The first kappa shape index (κ1) is 16.4. The molecule has 2 heterocycles. The van der Waals surface area contributed by atoms with Gasteiger partial charge in [-0.25, -0.2) is 0 Å². The van der Waals surface area contributed by atoms with Crippen molar-refractivity contribution in [1.29, 1.82) is 0 Å². The first-order valence-corrected chi connectivity index (χ1v) is 12.0. The number of nitrogens with zero attached hydrogens (tertiary/aromatic N) is 1. The Morgan fingerprint density at radius 3 is 2.39 bits per heavy atom. The minimum atomic E-state index is -1.31. The van der Waals surface area contributed by atoms with E-state index in [1.807, 2.05) is 0 Å². The normalized spacial score (nSPS) is 17.4. The Morgan fingerprint density at radius 1 is 1.04 bits per heavy atom. The van der Waals surface area contributed by atoms with Crippen LogP contribution in [0.2, 0.25) is 18.6 Å². The standard InChI is InChI=1S/C21H29NSi/c1-17(2)14-19-15-20(18-10-6-4-7-11-18)22-16-21(19)23(3)12-8-5-9-13-23/h4,6-7,10-11,15-17H,5,8-9,12-14H2,1-3H3. The fraction of sp³-hybridized carbons (Fsp3) is 0.476. The van der Waals surface area contributed by atoms with Crippen molar-refractivity contribution in [3.63, 3.8) is 0 Å². The third-order valence-corrected chi connectivity index (χ3v) is 9.96. The summed E-state index contributed by atoms with van der Waals surface area (Å²) in [6, 6.07) is 15.9. The molecule has 1 nitrogen and oxygen atoms in total. The third kappa shape index (κ3) is 3.74. The van der Waals surface area contributed by atoms with E-state index in [0.29, 0.717) is 5.92 Å². The zero-order chi connectivity index (χ0) is 16.3. The van der Waals surface area contributed by atoms with Crippen molar-refractivity contribution in [2.45, 2.75) is 58.2 Å². The maximum Gasteiger partial charge on any atom is 0.0860 e. The largest absolute Gasteiger partial charge is 0.256 e. The van der Waals surface area contributed by atoms with Gasteiger partial charge in [0.05, 0.1) is 13.8 Å². The van der Waals surface area contributed by atoms with Gasteiger partial charge in [-0.1, -0.05) is 82.1 Å². The predicted octanol–water partition coefficient (Wildman–Crippen LogP) is 5.42. The molecule has 1 fully saturated rings. The number of pyridine rings is 1. The van der Waals surface area contributed by atoms with Crippen LogP contribution in [0.4, 0.5) is 0 Å². The van der Waals surface area contributed by atoms with Crippen molar-refractivity contribution >= 4 is 13.3 Å². The van der Waals surface area contributed by atoms with Crippen LogP contribution in [-0.2, 0) is 6.42 Å². The second kappa shape index (κ2) is 7.00. The molecule has 2 aromatic rings. The minimum Gasteiger partial charge on any atom is -0.256 e. The molecular weight excluding hydrogens is 294 g/mol. The van der Waals surface area contributed by atoms with Gasteiger partial charge in [0, 0.05) is 11.8 Å². The quantitative estimate of drug-likeness (QED) is 0.685. The van der Waals surface area contributed by atoms with E-state index in [1.165, 1.54) is 43.3 Å². The molecule has 1 aliphatic heterocycles. The second-order valence-electron chi connectivity index (χ2n) is 7.81. The maximum absolute atomic E-state index is 4.87. The van der Waals surface area contributed by atoms with E-state index >= 15 is 0 Å². The first-order valence-electron chi connectivity index (χ1n) is 9.13. The van der Waals surface area contributed by atoms with Crippen LogP contribution >= 0.6 is 0 Å². The smallest absolute Gasteiger partial charge is 0.0860 e. The highest BCUT2D eigenvalue weighted by molar-refractivity contribution is 6.91. The molecule has 1 aromatic carbocycles. The van der Waals surface area contributed by atoms with Crippen molar-refractivity contribution in [3.8, 4) is 11.3 Å². The Labute approximate surface area is 142 Å². The molecule has 0 bridgehead atoms. The Hall–Kier alpha value is -1.41. The summed E-state index contributed by atoms with van der Waals surface area (Å²) >= 11 is 0. The molecule has 3 rings (SSSR count). The molecule has 122 valence electrons. The lowest BCUT2D eigenvalue weighted by molar-refractivity contribution is 0.648. The fourth-order valence-corrected chi connectivity index (χ4v) is 8.19. The number of benzene rings is 1. The lowest BCUT2D eigenvalue weighted by Crippen LogP contribution is -2.48. The average Bonchev–Trinajstić information content (AvgIpc) is 2.55. The van der Waals surface area contributed by atoms with Crippen molar-refractivity contribution in [3.05, 3.63) is 48.2 Å². The first-order chi connectivity index (χ1) is 11.1. The molecule has 23 heavy (non-hydrogen) atoms. The van der Waals surface area contributed by atoms with Crippen LogP contribution in [0.1, 0.15) is 38.7 Å². The van der Waals surface area contributed by atoms with Crippen LogP contribution in [0.15, 0.2) is 42.6 Å². The lowest BCUT2D eigenvalue weighted by Gasteiger charge is -2.34. The van der Waals surface area contributed by atoms with Crippen molar-refractivity contribution < 1.29 is 0 Å². The van der Waals surface area contributed by atoms with E-state index in [1.54, 1.807) is 10.8 Å². The van der Waals surface area contributed by atoms with Crippen LogP contribution in [0.5, 0.6) is 0 Å². The zero-order valence-electron chi connectivity index (χ0n) is 14.8. The SMILES string of the molecule is CC(C)Cc1cc(-c2ccccc2)ncc1[Si]1(C)CCCCC1. The number of aromatic nitrogens is 1. The molecule has 2 heteroatoms. The summed E-state index contributed by atoms with van der Waals surface area (Å²) in [7, 11) is -1.31. The van der Waals surface area contributed by atoms with Gasteiger partial charge in [0.1, 0.15) is 0 Å². The highest BCUT2D eigenvalue weighted by Crippen LogP contribution is 2.30. The second-order valence-corrected chi connectivity index (χ2v) is 12.5. The third-order valence-electron chi connectivity index (χ3n) is 5.29. The van der Waals surface area contributed by atoms with Gasteiger partial charge in [-0.2, -0.15) is 0 Å². The number of hydrogen-bond acceptors (Lipinski definition) is 1. The number of hydrogen-bond donors (Lipinski definition) is 0. The Kier molecular flexibility index (Phi) is 5.01. The van der Waals surface area contributed by atoms with Gasteiger partial charge < -0.3 is 0 Å². The van der Waals surface area contributed by atoms with Gasteiger partial charge in [-0.3, -0.25) is 4.98 Å². The molecule has 0 N–H and O–H groups in total. The molecule has 0 unspecified atom stereocenters. The molecule has 0 saturated carbocycles. The summed E-state index contributed by atoms with van der Waals surface area (Å²) in [6.45, 7) is 7.25. The van der Waals surface area contributed by atoms with E-state index in [0.717, 1.165) is 5.69 Å². The van der Waals surface area contributed by atoms with Crippen LogP contribution in [0, 0.1) is 5.92 Å². The summed E-state index contributed by atoms with van der Waals surface area (Å²) in [5, 5.41) is 1.64. The molecule has 0 aliphatic carbocycles. The molecule has 1 aliphatic rings. The van der Waals surface area contributed by atoms with Crippen molar-refractivity contribution in [1.82, 2.24) is 4.98 Å². The van der Waals surface area contributed by atoms with Crippen LogP contribution in [0.3, 0.4) is 0 Å². The van der Waals surface area contributed by atoms with Gasteiger partial charge in [0.15, 0.2) is 0 Å². The fourth-order valence-electron chi connectivity index (χ4n) is 4.02. The molecule has 0 spiro atoms. The molecule has 1 aromatic heterocycles. The van der Waals surface area contributed by atoms with Gasteiger partial charge in [-0.05, 0) is 29.2 Å². The summed E-state index contributed by atoms with van der Waals surface area (Å²) in [5.74, 6) is 0.695. The molecular formula is C21H29NSi. The Bertz CT molecular complexity index is 642. The van der Waals surface area contributed by atoms with Crippen molar-refractivity contribution in [2.75, 3.05) is 0 Å². The van der Waals surface area contributed by atoms with E-state index in [4.69, 9.17) is 4.98 Å². The van der Waals surface area contributed by atoms with Gasteiger partial charge in [0.2, 0.25) is 0 Å². The van der Waals surface area contributed by atoms with Crippen molar-refractivity contribution in [2.24, 2.45) is 5.92 Å². The predicted molar refractivity (Wildman–Crippen MR) is 103 cm³/mol. The molecule has 0 radical (unpaired) electrons. The van der Waals surface area contributed by atoms with Crippen LogP contribution in [0.25, 0.3) is 11.3 Å². The van der Waals surface area contributed by atoms with E-state index in [9.17, 15) is 0 Å². The average molecular weight is 324 g/mol. The monoisotopic (exact) mass is 323 g/mol. The van der Waals surface area contributed by atoms with Crippen LogP contribution in [-0.4, -0.2) is 13.1 Å². The molecule has 0 atom stereocenters. The topological polar surface area (TPSA) is 12.9 Å². The summed E-state index contributed by atoms with van der Waals surface area (Å²) < 4.78 is 0. The number of rotatable bonds is 4. The van der Waals surface area contributed by atoms with Crippen LogP contribution < -0.4 is 5.19 Å². The van der Waals surface area contributed by atoms with Gasteiger partial charge in [-0.15, -0.1) is 0 Å². The summed E-state index contributed by atoms with van der Waals surface area (Å²) in [5.41, 5.74) is 3.95. The highest BCUT2D eigenvalue weighted by atomic mass is 28.3. The Morgan fingerprint density at radius 2 is 1.74 bits per heavy atom. The molecule has 1 saturated heterocycles. The van der Waals surface area contributed by atoms with E-state index in [2.05, 4.69) is 63.0 Å². The summed E-state index contributed by atoms with van der Waals surface area (Å²) in [6.07, 6.45) is 7.70. The minimum absolute atomic E-state index is 0.695.